The van der Waals surface area contributed by atoms with E-state index in [1.54, 1.807) is 25.7 Å². The molecule has 0 heterocycles. The predicted molar refractivity (Wildman–Crippen MR) is 94.0 cm³/mol. The van der Waals surface area contributed by atoms with Crippen LogP contribution >= 0.6 is 0 Å². The highest BCUT2D eigenvalue weighted by atomic mass is 14.6. The van der Waals surface area contributed by atoms with Gasteiger partial charge in [-0.15, -0.1) is 0 Å². The van der Waals surface area contributed by atoms with Gasteiger partial charge >= 0.3 is 0 Å². The molecule has 0 saturated heterocycles. The van der Waals surface area contributed by atoms with E-state index >= 15 is 0 Å². The van der Waals surface area contributed by atoms with Crippen molar-refractivity contribution in [1.82, 2.24) is 0 Å². The van der Waals surface area contributed by atoms with E-state index < -0.39 is 0 Å². The van der Waals surface area contributed by atoms with Crippen LogP contribution in [0.4, 0.5) is 0 Å². The van der Waals surface area contributed by atoms with Crippen LogP contribution in [0.25, 0.3) is 0 Å². The third-order valence-electron chi connectivity index (χ3n) is 3.41. The standard InChI is InChI=1S/C6H12.C5H8.4C2H6/c1-2-4-6-5-3-1;1-2-5(1)3-4-5;4*1-2/h1-6H2;1-4H2;4*1-2H3. The monoisotopic (exact) mass is 272 g/mol. The molecule has 120 valence electrons. The van der Waals surface area contributed by atoms with Gasteiger partial charge in [0.2, 0.25) is 0 Å². The Kier molecular flexibility index (Phi) is 25.7. The second-order valence-corrected chi connectivity index (χ2v) is 4.62. The van der Waals surface area contributed by atoms with Crippen molar-refractivity contribution >= 4 is 0 Å². The molecule has 0 heteroatoms. The number of hydrogen-bond donors (Lipinski definition) is 0. The molecule has 3 aliphatic carbocycles. The molecule has 0 nitrogen and oxygen atoms in total. The van der Waals surface area contributed by atoms with E-state index in [1.807, 2.05) is 55.4 Å². The maximum absolute atomic E-state index is 2.00. The van der Waals surface area contributed by atoms with Crippen LogP contribution in [0, 0.1) is 5.41 Å². The Morgan fingerprint density at radius 2 is 0.526 bits per heavy atom. The second-order valence-electron chi connectivity index (χ2n) is 4.62. The number of rotatable bonds is 0. The van der Waals surface area contributed by atoms with Gasteiger partial charge in [0.1, 0.15) is 0 Å². The van der Waals surface area contributed by atoms with Crippen LogP contribution in [0.5, 0.6) is 0 Å². The van der Waals surface area contributed by atoms with Crippen molar-refractivity contribution in [3.05, 3.63) is 0 Å². The molecule has 1 spiro atoms. The highest BCUT2D eigenvalue weighted by molar-refractivity contribution is 5.04. The minimum absolute atomic E-state index is 1.00. The zero-order valence-corrected chi connectivity index (χ0v) is 15.6. The van der Waals surface area contributed by atoms with Gasteiger partial charge in [0, 0.05) is 0 Å². The summed E-state index contributed by atoms with van der Waals surface area (Å²) in [6, 6.07) is 0. The highest BCUT2D eigenvalue weighted by Gasteiger charge is 2.52. The van der Waals surface area contributed by atoms with Gasteiger partial charge in [0.05, 0.1) is 0 Å². The third kappa shape index (κ3) is 18.0. The Labute approximate surface area is 125 Å². The molecule has 0 aromatic rings. The van der Waals surface area contributed by atoms with Gasteiger partial charge in [-0.3, -0.25) is 0 Å². The number of hydrogen-bond acceptors (Lipinski definition) is 0. The second kappa shape index (κ2) is 20.3. The van der Waals surface area contributed by atoms with Crippen molar-refractivity contribution in [2.24, 2.45) is 5.41 Å². The SMILES string of the molecule is C1CC12CC2.C1CCCCC1.CC.CC.CC.CC. The van der Waals surface area contributed by atoms with E-state index in [2.05, 4.69) is 0 Å². The lowest BCUT2D eigenvalue weighted by Crippen LogP contribution is -1.85. The molecule has 0 N–H and O–H groups in total. The van der Waals surface area contributed by atoms with Crippen LogP contribution in [0.1, 0.15) is 120 Å². The van der Waals surface area contributed by atoms with E-state index in [0.29, 0.717) is 0 Å². The average molecular weight is 273 g/mol. The van der Waals surface area contributed by atoms with Gasteiger partial charge in [0.25, 0.3) is 0 Å². The Balaban J connectivity index is -0.000000180. The first-order valence-corrected chi connectivity index (χ1v) is 9.41. The van der Waals surface area contributed by atoms with Crippen molar-refractivity contribution in [2.45, 2.75) is 120 Å². The lowest BCUT2D eigenvalue weighted by Gasteiger charge is -2.05. The average Bonchev–Trinajstić information content (AvgIpc) is 3.51. The minimum Gasteiger partial charge on any atom is -0.0683 e. The van der Waals surface area contributed by atoms with E-state index in [0.717, 1.165) is 5.41 Å². The largest absolute Gasteiger partial charge is 0.0683 e. The quantitative estimate of drug-likeness (QED) is 0.419. The molecule has 3 rings (SSSR count). The summed E-state index contributed by atoms with van der Waals surface area (Å²) in [5, 5.41) is 0. The first-order valence-electron chi connectivity index (χ1n) is 9.41. The highest BCUT2D eigenvalue weighted by Crippen LogP contribution is 2.65. The van der Waals surface area contributed by atoms with Crippen molar-refractivity contribution in [3.8, 4) is 0 Å². The van der Waals surface area contributed by atoms with Crippen LogP contribution in [0.15, 0.2) is 0 Å². The van der Waals surface area contributed by atoms with Crippen molar-refractivity contribution in [1.29, 1.82) is 0 Å². The van der Waals surface area contributed by atoms with E-state index in [1.165, 1.54) is 38.5 Å². The van der Waals surface area contributed by atoms with Crippen molar-refractivity contribution in [3.63, 3.8) is 0 Å². The molecule has 0 aromatic heterocycles. The van der Waals surface area contributed by atoms with Crippen LogP contribution in [0.2, 0.25) is 0 Å². The van der Waals surface area contributed by atoms with E-state index in [-0.39, 0.29) is 0 Å². The van der Waals surface area contributed by atoms with Gasteiger partial charge in [-0.25, -0.2) is 0 Å². The first-order chi connectivity index (χ1) is 9.41. The first kappa shape index (κ1) is 24.0. The van der Waals surface area contributed by atoms with Crippen LogP contribution < -0.4 is 0 Å². The van der Waals surface area contributed by atoms with Crippen molar-refractivity contribution in [2.75, 3.05) is 0 Å². The molecule has 0 aliphatic heterocycles. The van der Waals surface area contributed by atoms with E-state index in [4.69, 9.17) is 0 Å². The molecule has 0 amide bonds. The summed E-state index contributed by atoms with van der Waals surface area (Å²) in [7, 11) is 0. The van der Waals surface area contributed by atoms with Crippen LogP contribution in [-0.2, 0) is 0 Å². The Hall–Kier alpha value is 0. The summed E-state index contributed by atoms with van der Waals surface area (Å²) in [5.41, 5.74) is 1.00. The molecule has 0 radical (unpaired) electrons. The summed E-state index contributed by atoms with van der Waals surface area (Å²) in [5.74, 6) is 0. The summed E-state index contributed by atoms with van der Waals surface area (Å²) < 4.78 is 0. The fourth-order valence-corrected chi connectivity index (χ4v) is 1.91. The molecular weight excluding hydrogens is 228 g/mol. The molecule has 3 saturated carbocycles. The predicted octanol–water partition coefficient (Wildman–Crippen LogP) is 8.01. The molecule has 0 atom stereocenters. The smallest absolute Gasteiger partial charge is 0.0297 e. The lowest BCUT2D eigenvalue weighted by molar-refractivity contribution is 0.504. The normalized spacial score (nSPS) is 18.9. The Bertz CT molecular complexity index is 89.0. The summed E-state index contributed by atoms with van der Waals surface area (Å²) in [6.07, 6.45) is 15.2. The van der Waals surface area contributed by atoms with Crippen molar-refractivity contribution < 1.29 is 0 Å². The topological polar surface area (TPSA) is 0 Å². The molecule has 3 fully saturated rings. The fourth-order valence-electron chi connectivity index (χ4n) is 1.91. The van der Waals surface area contributed by atoms with Crippen LogP contribution in [-0.4, -0.2) is 0 Å². The van der Waals surface area contributed by atoms with E-state index in [9.17, 15) is 0 Å². The summed E-state index contributed by atoms with van der Waals surface area (Å²) in [6.45, 7) is 16.0. The molecule has 0 bridgehead atoms. The molecule has 3 aliphatic rings. The van der Waals surface area contributed by atoms with Gasteiger partial charge in [-0.1, -0.05) is 93.9 Å². The third-order valence-corrected chi connectivity index (χ3v) is 3.41. The van der Waals surface area contributed by atoms with Crippen LogP contribution in [0.3, 0.4) is 0 Å². The zero-order chi connectivity index (χ0) is 15.6. The molecule has 0 unspecified atom stereocenters. The van der Waals surface area contributed by atoms with Gasteiger partial charge in [0.15, 0.2) is 0 Å². The van der Waals surface area contributed by atoms with Gasteiger partial charge in [-0.05, 0) is 31.1 Å². The van der Waals surface area contributed by atoms with Gasteiger partial charge in [-0.2, -0.15) is 0 Å². The minimum atomic E-state index is 1.00. The van der Waals surface area contributed by atoms with Gasteiger partial charge < -0.3 is 0 Å². The molecule has 0 aromatic carbocycles. The maximum Gasteiger partial charge on any atom is -0.0297 e. The lowest BCUT2D eigenvalue weighted by atomic mass is 10.0. The Morgan fingerprint density at radius 1 is 0.368 bits per heavy atom. The summed E-state index contributed by atoms with van der Waals surface area (Å²) >= 11 is 0. The summed E-state index contributed by atoms with van der Waals surface area (Å²) in [4.78, 5) is 0. The Morgan fingerprint density at radius 3 is 0.579 bits per heavy atom. The maximum atomic E-state index is 2.00. The molecule has 19 heavy (non-hydrogen) atoms. The fraction of sp³-hybridized carbons (Fsp3) is 1.00. The molecular formula is C19H44. The zero-order valence-electron chi connectivity index (χ0n) is 15.6.